The van der Waals surface area contributed by atoms with Gasteiger partial charge in [0.15, 0.2) is 13.2 Å². The smallest absolute Gasteiger partial charge is 0.411 e. The van der Waals surface area contributed by atoms with Crippen LogP contribution in [0, 0.1) is 6.92 Å². The minimum Gasteiger partial charge on any atom is -0.460 e. The molecule has 0 saturated heterocycles. The highest BCUT2D eigenvalue weighted by Crippen LogP contribution is 2.20. The fraction of sp³-hybridized carbons (Fsp3) is 0.304. The summed E-state index contributed by atoms with van der Waals surface area (Å²) in [5.41, 5.74) is 1.25. The average molecular weight is 522 g/mol. The minimum atomic E-state index is -0.855. The predicted octanol–water partition coefficient (Wildman–Crippen LogP) is 1.64. The highest BCUT2D eigenvalue weighted by molar-refractivity contribution is 5.89. The molecule has 14 nitrogen and oxygen atoms in total. The second-order valence-electron chi connectivity index (χ2n) is 6.62. The van der Waals surface area contributed by atoms with Crippen LogP contribution in [-0.2, 0) is 47.6 Å². The van der Waals surface area contributed by atoms with Crippen molar-refractivity contribution < 1.29 is 57.2 Å². The second-order valence-corrected chi connectivity index (χ2v) is 6.62. The molecule has 2 amide bonds. The highest BCUT2D eigenvalue weighted by Gasteiger charge is 2.11. The Hall–Kier alpha value is -4.88. The first kappa shape index (κ1) is 30.2. The van der Waals surface area contributed by atoms with E-state index >= 15 is 0 Å². The van der Waals surface area contributed by atoms with Crippen molar-refractivity contribution in [2.24, 2.45) is 0 Å². The van der Waals surface area contributed by atoms with Crippen LogP contribution in [0.25, 0.3) is 0 Å². The van der Waals surface area contributed by atoms with Crippen molar-refractivity contribution in [1.82, 2.24) is 0 Å². The number of benzene rings is 1. The normalized spacial score (nSPS) is 9.65. The van der Waals surface area contributed by atoms with Gasteiger partial charge in [-0.1, -0.05) is 19.2 Å². The lowest BCUT2D eigenvalue weighted by molar-refractivity contribution is -0.156. The molecule has 0 unspecified atom stereocenters. The number of anilines is 2. The quantitative estimate of drug-likeness (QED) is 0.156. The van der Waals surface area contributed by atoms with E-state index in [2.05, 4.69) is 33.3 Å². The Morgan fingerprint density at radius 2 is 1.16 bits per heavy atom. The molecule has 0 aliphatic heterocycles. The first-order valence-corrected chi connectivity index (χ1v) is 10.5. The maximum atomic E-state index is 12.0. The molecule has 2 N–H and O–H groups in total. The number of esters is 4. The van der Waals surface area contributed by atoms with Crippen molar-refractivity contribution in [2.75, 3.05) is 50.3 Å². The summed E-state index contributed by atoms with van der Waals surface area (Å²) in [6.45, 7) is 5.79. The van der Waals surface area contributed by atoms with E-state index in [9.17, 15) is 28.8 Å². The monoisotopic (exact) mass is 522 g/mol. The van der Waals surface area contributed by atoms with Gasteiger partial charge < -0.3 is 28.4 Å². The van der Waals surface area contributed by atoms with Gasteiger partial charge in [-0.25, -0.2) is 28.8 Å². The van der Waals surface area contributed by atoms with E-state index in [0.717, 1.165) is 12.2 Å². The molecule has 14 heteroatoms. The third-order valence-corrected chi connectivity index (χ3v) is 3.88. The van der Waals surface area contributed by atoms with Crippen molar-refractivity contribution in [3.63, 3.8) is 0 Å². The number of amides is 2. The van der Waals surface area contributed by atoms with Crippen LogP contribution in [0.15, 0.2) is 43.5 Å². The Morgan fingerprint density at radius 3 is 1.65 bits per heavy atom. The first-order chi connectivity index (χ1) is 17.6. The van der Waals surface area contributed by atoms with Gasteiger partial charge >= 0.3 is 36.1 Å². The van der Waals surface area contributed by atoms with Crippen LogP contribution in [0.3, 0.4) is 0 Å². The van der Waals surface area contributed by atoms with Gasteiger partial charge in [-0.15, -0.1) is 0 Å². The number of carbonyl (C=O) groups is 6. The summed E-state index contributed by atoms with van der Waals surface area (Å²) in [6, 6.07) is 4.61. The highest BCUT2D eigenvalue weighted by atomic mass is 16.6. The summed E-state index contributed by atoms with van der Waals surface area (Å²) in [5, 5.41) is 4.91. The molecule has 1 aromatic carbocycles. The molecule has 0 aliphatic carbocycles. The first-order valence-electron chi connectivity index (χ1n) is 10.5. The number of hydrogen-bond acceptors (Lipinski definition) is 12. The molecule has 0 fully saturated rings. The van der Waals surface area contributed by atoms with Crippen molar-refractivity contribution in [2.45, 2.75) is 6.92 Å². The summed E-state index contributed by atoms with van der Waals surface area (Å²) in [4.78, 5) is 68.3. The summed E-state index contributed by atoms with van der Waals surface area (Å²) in [7, 11) is 0. The largest absolute Gasteiger partial charge is 0.460 e. The molecule has 0 aromatic heterocycles. The van der Waals surface area contributed by atoms with Gasteiger partial charge in [-0.3, -0.25) is 10.6 Å². The third kappa shape index (κ3) is 13.6. The standard InChI is InChI=1S/C23H26N2O12/c1-4-18(26)36-13-20(28)32-8-10-34-22(30)24-16-7-6-15(3)17(12-16)25-23(31)35-11-9-33-21(29)14-37-19(27)5-2/h4-7,12H,1-2,8-11,13-14H2,3H3,(H,24,30)(H,25,31). The molecule has 0 heterocycles. The van der Waals surface area contributed by atoms with Crippen LogP contribution in [0.4, 0.5) is 21.0 Å². The van der Waals surface area contributed by atoms with E-state index in [1.807, 2.05) is 0 Å². The third-order valence-electron chi connectivity index (χ3n) is 3.88. The predicted molar refractivity (Wildman–Crippen MR) is 125 cm³/mol. The molecule has 200 valence electrons. The van der Waals surface area contributed by atoms with E-state index in [0.29, 0.717) is 11.3 Å². The molecule has 0 bridgehead atoms. The van der Waals surface area contributed by atoms with Crippen molar-refractivity contribution in [3.8, 4) is 0 Å². The van der Waals surface area contributed by atoms with Gasteiger partial charge in [0.05, 0.1) is 0 Å². The summed E-state index contributed by atoms with van der Waals surface area (Å²) < 4.78 is 28.2. The Balaban J connectivity index is 2.36. The van der Waals surface area contributed by atoms with Crippen LogP contribution in [0.5, 0.6) is 0 Å². The maximum absolute atomic E-state index is 12.0. The van der Waals surface area contributed by atoms with Crippen LogP contribution in [0.2, 0.25) is 0 Å². The number of nitrogens with one attached hydrogen (secondary N) is 2. The molecule has 0 atom stereocenters. The maximum Gasteiger partial charge on any atom is 0.411 e. The fourth-order valence-electron chi connectivity index (χ4n) is 2.18. The number of carbonyl (C=O) groups excluding carboxylic acids is 6. The molecular weight excluding hydrogens is 496 g/mol. The van der Waals surface area contributed by atoms with Crippen molar-refractivity contribution in [3.05, 3.63) is 49.1 Å². The van der Waals surface area contributed by atoms with E-state index < -0.39 is 49.3 Å². The molecule has 0 aliphatic rings. The lowest BCUT2D eigenvalue weighted by atomic mass is 10.2. The number of hydrogen-bond donors (Lipinski definition) is 2. The molecule has 1 rings (SSSR count). The van der Waals surface area contributed by atoms with Crippen LogP contribution >= 0.6 is 0 Å². The van der Waals surface area contributed by atoms with Crippen LogP contribution < -0.4 is 10.6 Å². The summed E-state index contributed by atoms with van der Waals surface area (Å²) >= 11 is 0. The number of rotatable bonds is 14. The molecule has 0 radical (unpaired) electrons. The van der Waals surface area contributed by atoms with Crippen LogP contribution in [-0.4, -0.2) is 75.7 Å². The van der Waals surface area contributed by atoms with E-state index in [1.165, 1.54) is 6.07 Å². The SMILES string of the molecule is C=CC(=O)OCC(=O)OCCOC(=O)Nc1ccc(C)c(NC(=O)OCCOC(=O)COC(=O)C=C)c1. The van der Waals surface area contributed by atoms with Gasteiger partial charge in [-0.2, -0.15) is 0 Å². The lowest BCUT2D eigenvalue weighted by Crippen LogP contribution is -2.21. The number of aryl methyl sites for hydroxylation is 1. The van der Waals surface area contributed by atoms with E-state index in [4.69, 9.17) is 18.9 Å². The lowest BCUT2D eigenvalue weighted by Gasteiger charge is -2.12. The Bertz CT molecular complexity index is 1020. The fourth-order valence-corrected chi connectivity index (χ4v) is 2.18. The van der Waals surface area contributed by atoms with Crippen LogP contribution in [0.1, 0.15) is 5.56 Å². The average Bonchev–Trinajstić information content (AvgIpc) is 2.88. The van der Waals surface area contributed by atoms with Gasteiger partial charge in [0, 0.05) is 23.5 Å². The molecular formula is C23H26N2O12. The second kappa shape index (κ2) is 16.7. The Morgan fingerprint density at radius 1 is 0.703 bits per heavy atom. The summed E-state index contributed by atoms with van der Waals surface area (Å²) in [5.74, 6) is -3.21. The zero-order chi connectivity index (χ0) is 27.6. The van der Waals surface area contributed by atoms with E-state index in [-0.39, 0.29) is 32.1 Å². The van der Waals surface area contributed by atoms with Gasteiger partial charge in [0.2, 0.25) is 0 Å². The topological polar surface area (TPSA) is 182 Å². The van der Waals surface area contributed by atoms with Gasteiger partial charge in [-0.05, 0) is 24.6 Å². The van der Waals surface area contributed by atoms with Crippen molar-refractivity contribution in [1.29, 1.82) is 0 Å². The Labute approximate surface area is 211 Å². The minimum absolute atomic E-state index is 0.264. The van der Waals surface area contributed by atoms with Crippen molar-refractivity contribution >= 4 is 47.4 Å². The molecule has 1 aromatic rings. The van der Waals surface area contributed by atoms with Gasteiger partial charge in [0.1, 0.15) is 26.4 Å². The molecule has 0 spiro atoms. The zero-order valence-electron chi connectivity index (χ0n) is 19.9. The molecule has 37 heavy (non-hydrogen) atoms. The Kier molecular flexibility index (Phi) is 13.6. The molecule has 0 saturated carbocycles. The zero-order valence-corrected chi connectivity index (χ0v) is 19.9. The van der Waals surface area contributed by atoms with Gasteiger partial charge in [0.25, 0.3) is 0 Å². The van der Waals surface area contributed by atoms with E-state index in [1.54, 1.807) is 19.1 Å². The summed E-state index contributed by atoms with van der Waals surface area (Å²) in [6.07, 6.45) is 0.0835. The number of ether oxygens (including phenoxy) is 6.